The number of aryl methyl sites for hydroxylation is 2. The van der Waals surface area contributed by atoms with E-state index in [9.17, 15) is 19.5 Å². The third-order valence-electron chi connectivity index (χ3n) is 2.88. The maximum Gasteiger partial charge on any atom is 0.337 e. The van der Waals surface area contributed by atoms with Crippen molar-refractivity contribution in [2.24, 2.45) is 7.05 Å². The Morgan fingerprint density at radius 3 is 2.50 bits per heavy atom. The van der Waals surface area contributed by atoms with Gasteiger partial charge in [-0.3, -0.25) is 13.9 Å². The molecule has 0 amide bonds. The highest BCUT2D eigenvalue weighted by molar-refractivity contribution is 7.19. The Bertz CT molecular complexity index is 766. The van der Waals surface area contributed by atoms with Crippen LogP contribution in [0.4, 0.5) is 0 Å². The standard InChI is InChI=1S/C11H12N2O4S/c1-4-13-9-7(8(14)12(3)11(13)17)6(10(15)16)5(2)18-9/h4H2,1-3H3,(H,15,16). The number of thiophene rings is 1. The molecule has 0 atom stereocenters. The molecule has 0 aliphatic rings. The first-order valence-electron chi connectivity index (χ1n) is 5.36. The van der Waals surface area contributed by atoms with Gasteiger partial charge in [-0.25, -0.2) is 9.59 Å². The van der Waals surface area contributed by atoms with Crippen LogP contribution < -0.4 is 11.2 Å². The quantitative estimate of drug-likeness (QED) is 0.873. The van der Waals surface area contributed by atoms with E-state index in [0.717, 1.165) is 15.9 Å². The first-order valence-corrected chi connectivity index (χ1v) is 6.18. The fourth-order valence-electron chi connectivity index (χ4n) is 1.98. The normalized spacial score (nSPS) is 11.1. The highest BCUT2D eigenvalue weighted by Gasteiger charge is 2.22. The molecule has 0 saturated heterocycles. The summed E-state index contributed by atoms with van der Waals surface area (Å²) in [6.45, 7) is 3.81. The number of nitrogens with zero attached hydrogens (tertiary/aromatic N) is 2. The molecule has 7 heteroatoms. The third kappa shape index (κ3) is 1.51. The number of aromatic nitrogens is 2. The molecule has 1 N–H and O–H groups in total. The number of hydrogen-bond donors (Lipinski definition) is 1. The Kier molecular flexibility index (Phi) is 2.86. The van der Waals surface area contributed by atoms with Gasteiger partial charge in [0.1, 0.15) is 4.83 Å². The monoisotopic (exact) mass is 268 g/mol. The fourth-order valence-corrected chi connectivity index (χ4v) is 3.17. The molecule has 6 nitrogen and oxygen atoms in total. The Labute approximate surface area is 106 Å². The van der Waals surface area contributed by atoms with Crippen molar-refractivity contribution in [1.82, 2.24) is 9.13 Å². The predicted octanol–water partition coefficient (Wildman–Crippen LogP) is 0.788. The molecule has 0 saturated carbocycles. The zero-order valence-corrected chi connectivity index (χ0v) is 11.0. The average Bonchev–Trinajstić information content (AvgIpc) is 2.64. The van der Waals surface area contributed by atoms with Crippen LogP contribution in [0, 0.1) is 6.92 Å². The lowest BCUT2D eigenvalue weighted by Crippen LogP contribution is -2.37. The van der Waals surface area contributed by atoms with Gasteiger partial charge in [-0.05, 0) is 13.8 Å². The molecule has 18 heavy (non-hydrogen) atoms. The summed E-state index contributed by atoms with van der Waals surface area (Å²) in [6.07, 6.45) is 0. The number of carbonyl (C=O) groups is 1. The Balaban J connectivity index is 3.16. The lowest BCUT2D eigenvalue weighted by Gasteiger charge is -2.06. The lowest BCUT2D eigenvalue weighted by molar-refractivity contribution is 0.0698. The van der Waals surface area contributed by atoms with Crippen molar-refractivity contribution >= 4 is 27.5 Å². The largest absolute Gasteiger partial charge is 0.478 e. The van der Waals surface area contributed by atoms with Crippen molar-refractivity contribution in [2.75, 3.05) is 0 Å². The minimum absolute atomic E-state index is 0.00204. The number of hydrogen-bond acceptors (Lipinski definition) is 4. The van der Waals surface area contributed by atoms with E-state index in [1.165, 1.54) is 11.6 Å². The smallest absolute Gasteiger partial charge is 0.337 e. The van der Waals surface area contributed by atoms with E-state index in [0.29, 0.717) is 16.3 Å². The van der Waals surface area contributed by atoms with Crippen LogP contribution in [0.3, 0.4) is 0 Å². The Hall–Kier alpha value is -1.89. The molecular weight excluding hydrogens is 256 g/mol. The van der Waals surface area contributed by atoms with Crippen molar-refractivity contribution in [3.05, 3.63) is 31.3 Å². The molecule has 0 aromatic carbocycles. The molecule has 0 spiro atoms. The van der Waals surface area contributed by atoms with Gasteiger partial charge in [0, 0.05) is 18.5 Å². The van der Waals surface area contributed by atoms with E-state index < -0.39 is 17.2 Å². The molecule has 96 valence electrons. The summed E-state index contributed by atoms with van der Waals surface area (Å²) in [6, 6.07) is 0. The summed E-state index contributed by atoms with van der Waals surface area (Å²) in [5, 5.41) is 9.29. The molecule has 2 heterocycles. The van der Waals surface area contributed by atoms with Crippen LogP contribution in [-0.4, -0.2) is 20.2 Å². The van der Waals surface area contributed by atoms with Crippen molar-refractivity contribution in [3.63, 3.8) is 0 Å². The van der Waals surface area contributed by atoms with Gasteiger partial charge in [0.15, 0.2) is 0 Å². The average molecular weight is 268 g/mol. The maximum absolute atomic E-state index is 12.0. The summed E-state index contributed by atoms with van der Waals surface area (Å²) >= 11 is 1.16. The lowest BCUT2D eigenvalue weighted by atomic mass is 10.2. The van der Waals surface area contributed by atoms with Crippen molar-refractivity contribution in [2.45, 2.75) is 20.4 Å². The minimum atomic E-state index is -1.14. The highest BCUT2D eigenvalue weighted by atomic mass is 32.1. The van der Waals surface area contributed by atoms with Crippen molar-refractivity contribution in [1.29, 1.82) is 0 Å². The van der Waals surface area contributed by atoms with E-state index in [1.807, 2.05) is 0 Å². The maximum atomic E-state index is 12.0. The van der Waals surface area contributed by atoms with Gasteiger partial charge < -0.3 is 5.11 Å². The van der Waals surface area contributed by atoms with Crippen molar-refractivity contribution < 1.29 is 9.90 Å². The van der Waals surface area contributed by atoms with Crippen LogP contribution in [0.25, 0.3) is 10.2 Å². The van der Waals surface area contributed by atoms with Gasteiger partial charge in [-0.2, -0.15) is 0 Å². The molecular formula is C11H12N2O4S. The van der Waals surface area contributed by atoms with Crippen LogP contribution in [0.5, 0.6) is 0 Å². The number of carboxylic acids is 1. The zero-order valence-electron chi connectivity index (χ0n) is 10.2. The second-order valence-corrected chi connectivity index (χ2v) is 5.11. The van der Waals surface area contributed by atoms with E-state index >= 15 is 0 Å². The minimum Gasteiger partial charge on any atom is -0.478 e. The topological polar surface area (TPSA) is 81.3 Å². The predicted molar refractivity (Wildman–Crippen MR) is 68.7 cm³/mol. The molecule has 0 fully saturated rings. The van der Waals surface area contributed by atoms with E-state index in [1.54, 1.807) is 13.8 Å². The van der Waals surface area contributed by atoms with Gasteiger partial charge in [-0.15, -0.1) is 11.3 Å². The van der Waals surface area contributed by atoms with E-state index in [2.05, 4.69) is 0 Å². The molecule has 0 radical (unpaired) electrons. The summed E-state index contributed by atoms with van der Waals surface area (Å²) in [4.78, 5) is 36.1. The summed E-state index contributed by atoms with van der Waals surface area (Å²) in [5.41, 5.74) is -0.979. The van der Waals surface area contributed by atoms with E-state index in [-0.39, 0.29) is 10.9 Å². The first-order chi connectivity index (χ1) is 8.40. The van der Waals surface area contributed by atoms with Gasteiger partial charge in [0.2, 0.25) is 0 Å². The highest BCUT2D eigenvalue weighted by Crippen LogP contribution is 2.27. The molecule has 0 unspecified atom stereocenters. The molecule has 0 aliphatic heterocycles. The van der Waals surface area contributed by atoms with Crippen LogP contribution in [0.1, 0.15) is 22.2 Å². The summed E-state index contributed by atoms with van der Waals surface area (Å²) in [7, 11) is 1.36. The zero-order chi connectivity index (χ0) is 13.6. The van der Waals surface area contributed by atoms with Crippen LogP contribution in [0.2, 0.25) is 0 Å². The number of carboxylic acid groups (broad SMARTS) is 1. The van der Waals surface area contributed by atoms with Gasteiger partial charge >= 0.3 is 11.7 Å². The third-order valence-corrected chi connectivity index (χ3v) is 4.01. The molecule has 2 aromatic rings. The number of aromatic carboxylic acids is 1. The second kappa shape index (κ2) is 4.09. The van der Waals surface area contributed by atoms with Gasteiger partial charge in [0.05, 0.1) is 10.9 Å². The number of rotatable bonds is 2. The van der Waals surface area contributed by atoms with Crippen LogP contribution in [-0.2, 0) is 13.6 Å². The number of fused-ring (bicyclic) bond motifs is 1. The Morgan fingerprint density at radius 1 is 1.39 bits per heavy atom. The van der Waals surface area contributed by atoms with Crippen molar-refractivity contribution in [3.8, 4) is 0 Å². The first kappa shape index (κ1) is 12.6. The van der Waals surface area contributed by atoms with Crippen LogP contribution in [0.15, 0.2) is 9.59 Å². The summed E-state index contributed by atoms with van der Waals surface area (Å²) in [5.74, 6) is -1.14. The van der Waals surface area contributed by atoms with Crippen LogP contribution >= 0.6 is 11.3 Å². The molecule has 0 bridgehead atoms. The molecule has 0 aliphatic carbocycles. The van der Waals surface area contributed by atoms with E-state index in [4.69, 9.17) is 0 Å². The molecule has 2 rings (SSSR count). The summed E-state index contributed by atoms with van der Waals surface area (Å²) < 4.78 is 2.37. The second-order valence-electron chi connectivity index (χ2n) is 3.91. The van der Waals surface area contributed by atoms with Gasteiger partial charge in [0.25, 0.3) is 5.56 Å². The molecule has 2 aromatic heterocycles. The Morgan fingerprint density at radius 2 is 2.00 bits per heavy atom. The fraction of sp³-hybridized carbons (Fsp3) is 0.364. The SMILES string of the molecule is CCn1c(=O)n(C)c(=O)c2c(C(=O)O)c(C)sc21. The van der Waals surface area contributed by atoms with Gasteiger partial charge in [-0.1, -0.05) is 0 Å².